The number of ether oxygens (including phenoxy) is 2. The van der Waals surface area contributed by atoms with E-state index in [1.54, 1.807) is 18.2 Å². The second-order valence-corrected chi connectivity index (χ2v) is 5.56. The molecule has 0 aromatic heterocycles. The quantitative estimate of drug-likeness (QED) is 0.576. The Hall–Kier alpha value is -2.80. The van der Waals surface area contributed by atoms with E-state index in [-0.39, 0.29) is 5.56 Å². The van der Waals surface area contributed by atoms with Gasteiger partial charge in [0.25, 0.3) is 0 Å². The number of halogens is 2. The Bertz CT molecular complexity index is 748. The Morgan fingerprint density at radius 2 is 1.69 bits per heavy atom. The average molecular weight is 363 g/mol. The molecule has 0 bridgehead atoms. The number of nitrogens with two attached hydrogens (primary N) is 1. The van der Waals surface area contributed by atoms with E-state index in [0.717, 1.165) is 0 Å². The third kappa shape index (κ3) is 4.86. The maximum atomic E-state index is 14.5. The molecule has 0 fully saturated rings. The first kappa shape index (κ1) is 19.5. The summed E-state index contributed by atoms with van der Waals surface area (Å²) in [6.45, 7) is -0.454. The van der Waals surface area contributed by atoms with Crippen LogP contribution in [0.4, 0.5) is 8.78 Å². The normalized spacial score (nSPS) is 12.3. The molecule has 2 aromatic carbocycles. The smallest absolute Gasteiger partial charge is 0.320 e. The van der Waals surface area contributed by atoms with Crippen LogP contribution in [-0.4, -0.2) is 31.3 Å². The van der Waals surface area contributed by atoms with Crippen LogP contribution in [0, 0.1) is 0 Å². The Balaban J connectivity index is 2.26. The molecule has 0 saturated heterocycles. The van der Waals surface area contributed by atoms with E-state index < -0.39 is 36.7 Å². The van der Waals surface area contributed by atoms with Crippen molar-refractivity contribution in [3.05, 3.63) is 65.7 Å². The third-order valence-corrected chi connectivity index (χ3v) is 3.74. The first-order valence-corrected chi connectivity index (χ1v) is 7.88. The SMILES string of the molecule is COc1ccc(C(CC(F)(F)C(=O)c2ccccc2)OC(=O)CN)cc1. The van der Waals surface area contributed by atoms with Crippen molar-refractivity contribution in [2.45, 2.75) is 18.4 Å². The van der Waals surface area contributed by atoms with E-state index in [1.165, 1.54) is 43.5 Å². The molecule has 0 aliphatic heterocycles. The summed E-state index contributed by atoms with van der Waals surface area (Å²) in [6, 6.07) is 13.3. The fourth-order valence-electron chi connectivity index (χ4n) is 2.38. The fourth-order valence-corrected chi connectivity index (χ4v) is 2.38. The van der Waals surface area contributed by atoms with Gasteiger partial charge in [-0.3, -0.25) is 9.59 Å². The van der Waals surface area contributed by atoms with Crippen molar-refractivity contribution in [3.8, 4) is 5.75 Å². The van der Waals surface area contributed by atoms with Gasteiger partial charge in [0.05, 0.1) is 20.1 Å². The highest BCUT2D eigenvalue weighted by atomic mass is 19.3. The minimum absolute atomic E-state index is 0.115. The van der Waals surface area contributed by atoms with Crippen molar-refractivity contribution >= 4 is 11.8 Å². The molecule has 5 nitrogen and oxygen atoms in total. The lowest BCUT2D eigenvalue weighted by atomic mass is 9.96. The van der Waals surface area contributed by atoms with Crippen molar-refractivity contribution in [2.24, 2.45) is 5.73 Å². The maximum Gasteiger partial charge on any atom is 0.320 e. The molecule has 0 saturated carbocycles. The van der Waals surface area contributed by atoms with Gasteiger partial charge in [0.1, 0.15) is 11.9 Å². The molecule has 2 rings (SSSR count). The van der Waals surface area contributed by atoms with Gasteiger partial charge in [-0.05, 0) is 17.7 Å². The van der Waals surface area contributed by atoms with Crippen LogP contribution in [-0.2, 0) is 9.53 Å². The molecule has 1 unspecified atom stereocenters. The van der Waals surface area contributed by atoms with Gasteiger partial charge in [0.15, 0.2) is 0 Å². The third-order valence-electron chi connectivity index (χ3n) is 3.74. The topological polar surface area (TPSA) is 78.6 Å². The molecule has 7 heteroatoms. The predicted octanol–water partition coefficient (Wildman–Crippen LogP) is 3.15. The number of alkyl halides is 2. The molecule has 0 amide bonds. The van der Waals surface area contributed by atoms with Gasteiger partial charge in [-0.15, -0.1) is 0 Å². The summed E-state index contributed by atoms with van der Waals surface area (Å²) in [5, 5.41) is 0. The number of esters is 1. The molecular formula is C19H19F2NO4. The molecule has 1 atom stereocenters. The van der Waals surface area contributed by atoms with Gasteiger partial charge < -0.3 is 15.2 Å². The average Bonchev–Trinajstić information content (AvgIpc) is 2.67. The zero-order valence-corrected chi connectivity index (χ0v) is 14.2. The number of carbonyl (C=O) groups is 2. The second kappa shape index (κ2) is 8.53. The summed E-state index contributed by atoms with van der Waals surface area (Å²) < 4.78 is 39.1. The zero-order chi connectivity index (χ0) is 19.2. The van der Waals surface area contributed by atoms with Gasteiger partial charge in [0.2, 0.25) is 5.78 Å². The number of ketones is 1. The standard InChI is InChI=1S/C19H19F2NO4/c1-25-15-9-7-13(8-10-15)16(26-17(23)12-22)11-19(20,21)18(24)14-5-3-2-4-6-14/h2-10,16H,11-12,22H2,1H3. The molecular weight excluding hydrogens is 344 g/mol. The van der Waals surface area contributed by atoms with Crippen LogP contribution >= 0.6 is 0 Å². The van der Waals surface area contributed by atoms with Crippen LogP contribution in [0.1, 0.15) is 28.4 Å². The van der Waals surface area contributed by atoms with E-state index in [0.29, 0.717) is 11.3 Å². The van der Waals surface area contributed by atoms with Crippen LogP contribution in [0.2, 0.25) is 0 Å². The van der Waals surface area contributed by atoms with Crippen LogP contribution < -0.4 is 10.5 Å². The number of hydrogen-bond donors (Lipinski definition) is 1. The molecule has 2 aromatic rings. The number of benzene rings is 2. The monoisotopic (exact) mass is 363 g/mol. The first-order chi connectivity index (χ1) is 12.4. The number of rotatable bonds is 8. The van der Waals surface area contributed by atoms with Crippen molar-refractivity contribution in [1.82, 2.24) is 0 Å². The molecule has 0 heterocycles. The summed E-state index contributed by atoms with van der Waals surface area (Å²) in [5.41, 5.74) is 5.41. The molecule has 138 valence electrons. The van der Waals surface area contributed by atoms with Crippen molar-refractivity contribution in [1.29, 1.82) is 0 Å². The van der Waals surface area contributed by atoms with Gasteiger partial charge >= 0.3 is 11.9 Å². The fraction of sp³-hybridized carbons (Fsp3) is 0.263. The largest absolute Gasteiger partial charge is 0.497 e. The molecule has 0 aliphatic rings. The minimum Gasteiger partial charge on any atom is -0.497 e. The zero-order valence-electron chi connectivity index (χ0n) is 14.2. The lowest BCUT2D eigenvalue weighted by Gasteiger charge is -2.23. The summed E-state index contributed by atoms with van der Waals surface area (Å²) in [4.78, 5) is 23.7. The molecule has 2 N–H and O–H groups in total. The van der Waals surface area contributed by atoms with Crippen LogP contribution in [0.15, 0.2) is 54.6 Å². The predicted molar refractivity (Wildman–Crippen MR) is 91.2 cm³/mol. The first-order valence-electron chi connectivity index (χ1n) is 7.88. The van der Waals surface area contributed by atoms with E-state index in [1.807, 2.05) is 0 Å². The highest BCUT2D eigenvalue weighted by molar-refractivity contribution is 6.01. The molecule has 26 heavy (non-hydrogen) atoms. The number of carbonyl (C=O) groups excluding carboxylic acids is 2. The molecule has 0 spiro atoms. The van der Waals surface area contributed by atoms with E-state index in [9.17, 15) is 18.4 Å². The van der Waals surface area contributed by atoms with Gasteiger partial charge in [0, 0.05) is 5.56 Å². The summed E-state index contributed by atoms with van der Waals surface area (Å²) in [5.74, 6) is -5.38. The number of Topliss-reactive ketones (excluding diaryl/α,β-unsaturated/α-hetero) is 1. The van der Waals surface area contributed by atoms with E-state index >= 15 is 0 Å². The minimum atomic E-state index is -3.72. The highest BCUT2D eigenvalue weighted by Gasteiger charge is 2.43. The highest BCUT2D eigenvalue weighted by Crippen LogP contribution is 2.34. The van der Waals surface area contributed by atoms with Crippen molar-refractivity contribution in [3.63, 3.8) is 0 Å². The Morgan fingerprint density at radius 3 is 2.23 bits per heavy atom. The Kier molecular flexibility index (Phi) is 6.41. The van der Waals surface area contributed by atoms with Crippen LogP contribution in [0.25, 0.3) is 0 Å². The summed E-state index contributed by atoms with van der Waals surface area (Å²) >= 11 is 0. The van der Waals surface area contributed by atoms with Gasteiger partial charge in [-0.1, -0.05) is 42.5 Å². The van der Waals surface area contributed by atoms with E-state index in [2.05, 4.69) is 0 Å². The van der Waals surface area contributed by atoms with Crippen LogP contribution in [0.5, 0.6) is 5.75 Å². The van der Waals surface area contributed by atoms with Crippen molar-refractivity contribution in [2.75, 3.05) is 13.7 Å². The van der Waals surface area contributed by atoms with Crippen LogP contribution in [0.3, 0.4) is 0 Å². The summed E-state index contributed by atoms with van der Waals surface area (Å²) in [7, 11) is 1.47. The van der Waals surface area contributed by atoms with Gasteiger partial charge in [-0.2, -0.15) is 8.78 Å². The molecule has 0 aliphatic carbocycles. The van der Waals surface area contributed by atoms with E-state index in [4.69, 9.17) is 15.2 Å². The summed E-state index contributed by atoms with van der Waals surface area (Å²) in [6.07, 6.45) is -2.31. The maximum absolute atomic E-state index is 14.5. The second-order valence-electron chi connectivity index (χ2n) is 5.56. The van der Waals surface area contributed by atoms with Crippen molar-refractivity contribution < 1.29 is 27.8 Å². The lowest BCUT2D eigenvalue weighted by molar-refractivity contribution is -0.151. The van der Waals surface area contributed by atoms with Gasteiger partial charge in [-0.25, -0.2) is 0 Å². The Labute approximate surface area is 149 Å². The number of hydrogen-bond acceptors (Lipinski definition) is 5. The number of methoxy groups -OCH3 is 1. The Morgan fingerprint density at radius 1 is 1.08 bits per heavy atom. The lowest BCUT2D eigenvalue weighted by Crippen LogP contribution is -2.33. The molecule has 0 radical (unpaired) electrons.